The standard InChI is InChI=1S/C25H21F4N5O2/c1-2-11-33(15-21(35)31-19-10-9-18(27)22(28)23(19)29)25(36)16-14-30-34(20-8-4-3-7-17(20)26)24(16)32-12-5-6-13-32/h3-10,12-14H,2,11,15H2,1H3,(H,31,35). The summed E-state index contributed by atoms with van der Waals surface area (Å²) in [7, 11) is 0. The molecular weight excluding hydrogens is 478 g/mol. The summed E-state index contributed by atoms with van der Waals surface area (Å²) in [6.07, 6.45) is 5.08. The molecule has 1 N–H and O–H groups in total. The first-order valence-electron chi connectivity index (χ1n) is 11.0. The molecule has 2 aromatic heterocycles. The maximum Gasteiger partial charge on any atom is 0.259 e. The topological polar surface area (TPSA) is 72.2 Å². The Hall–Kier alpha value is -4.41. The van der Waals surface area contributed by atoms with Gasteiger partial charge in [0, 0.05) is 18.9 Å². The van der Waals surface area contributed by atoms with Gasteiger partial charge in [0.15, 0.2) is 23.3 Å². The van der Waals surface area contributed by atoms with Crippen molar-refractivity contribution < 1.29 is 27.2 Å². The number of carbonyl (C=O) groups excluding carboxylic acids is 2. The number of nitrogens with zero attached hydrogens (tertiary/aromatic N) is 4. The lowest BCUT2D eigenvalue weighted by atomic mass is 10.2. The van der Waals surface area contributed by atoms with Crippen LogP contribution in [0.4, 0.5) is 23.2 Å². The molecule has 0 atom stereocenters. The van der Waals surface area contributed by atoms with Crippen molar-refractivity contribution in [1.82, 2.24) is 19.2 Å². The third-order valence-corrected chi connectivity index (χ3v) is 5.33. The van der Waals surface area contributed by atoms with Gasteiger partial charge in [0.1, 0.15) is 23.6 Å². The zero-order chi connectivity index (χ0) is 25.8. The summed E-state index contributed by atoms with van der Waals surface area (Å²) in [5.74, 6) is -6.34. The van der Waals surface area contributed by atoms with Crippen molar-refractivity contribution in [3.05, 3.63) is 96.0 Å². The van der Waals surface area contributed by atoms with Gasteiger partial charge in [0.05, 0.1) is 11.9 Å². The van der Waals surface area contributed by atoms with Gasteiger partial charge in [-0.2, -0.15) is 5.10 Å². The SMILES string of the molecule is CCCN(CC(=O)Nc1ccc(F)c(F)c1F)C(=O)c1cnn(-c2ccccc2F)c1-n1cccc1. The number of anilines is 1. The molecule has 2 heterocycles. The molecule has 0 radical (unpaired) electrons. The molecule has 0 aliphatic carbocycles. The lowest BCUT2D eigenvalue weighted by Gasteiger charge is -2.22. The van der Waals surface area contributed by atoms with Crippen molar-refractivity contribution in [2.24, 2.45) is 0 Å². The lowest BCUT2D eigenvalue weighted by molar-refractivity contribution is -0.116. The maximum atomic E-state index is 14.6. The van der Waals surface area contributed by atoms with Crippen molar-refractivity contribution >= 4 is 17.5 Å². The van der Waals surface area contributed by atoms with Crippen molar-refractivity contribution in [3.8, 4) is 11.5 Å². The molecule has 0 spiro atoms. The normalized spacial score (nSPS) is 10.9. The van der Waals surface area contributed by atoms with E-state index in [-0.39, 0.29) is 23.6 Å². The van der Waals surface area contributed by atoms with Crippen molar-refractivity contribution in [3.63, 3.8) is 0 Å². The number of carbonyl (C=O) groups is 2. The van der Waals surface area contributed by atoms with Crippen LogP contribution >= 0.6 is 0 Å². The smallest absolute Gasteiger partial charge is 0.259 e. The molecule has 0 aliphatic heterocycles. The van der Waals surface area contributed by atoms with Crippen molar-refractivity contribution in [2.75, 3.05) is 18.4 Å². The molecule has 0 saturated carbocycles. The number of aromatic nitrogens is 3. The Kier molecular flexibility index (Phi) is 7.18. The summed E-state index contributed by atoms with van der Waals surface area (Å²) in [4.78, 5) is 27.4. The van der Waals surface area contributed by atoms with E-state index >= 15 is 0 Å². The number of hydrogen-bond donors (Lipinski definition) is 1. The van der Waals surface area contributed by atoms with Gasteiger partial charge in [-0.3, -0.25) is 9.59 Å². The van der Waals surface area contributed by atoms with Crippen LogP contribution in [0, 0.1) is 23.3 Å². The van der Waals surface area contributed by atoms with Crippen LogP contribution in [0.25, 0.3) is 11.5 Å². The zero-order valence-corrected chi connectivity index (χ0v) is 19.1. The Morgan fingerprint density at radius 1 is 0.944 bits per heavy atom. The number of hydrogen-bond acceptors (Lipinski definition) is 3. The maximum absolute atomic E-state index is 14.6. The van der Waals surface area contributed by atoms with E-state index in [1.54, 1.807) is 42.1 Å². The fourth-order valence-corrected chi connectivity index (χ4v) is 3.70. The van der Waals surface area contributed by atoms with Gasteiger partial charge in [-0.05, 0) is 42.8 Å². The Bertz CT molecular complexity index is 1400. The molecule has 0 bridgehead atoms. The summed E-state index contributed by atoms with van der Waals surface area (Å²) >= 11 is 0. The molecule has 4 aromatic rings. The van der Waals surface area contributed by atoms with Gasteiger partial charge in [0.2, 0.25) is 5.91 Å². The minimum Gasteiger partial charge on any atom is -0.329 e. The summed E-state index contributed by atoms with van der Waals surface area (Å²) < 4.78 is 58.1. The van der Waals surface area contributed by atoms with E-state index in [1.807, 2.05) is 0 Å². The fraction of sp³-hybridized carbons (Fsp3) is 0.160. The quantitative estimate of drug-likeness (QED) is 0.282. The van der Waals surface area contributed by atoms with E-state index in [4.69, 9.17) is 0 Å². The molecule has 0 unspecified atom stereocenters. The highest BCUT2D eigenvalue weighted by Gasteiger charge is 2.27. The van der Waals surface area contributed by atoms with Crippen LogP contribution in [0.3, 0.4) is 0 Å². The first-order chi connectivity index (χ1) is 17.3. The molecular formula is C25H21F4N5O2. The van der Waals surface area contributed by atoms with Crippen LogP contribution in [0.15, 0.2) is 67.1 Å². The van der Waals surface area contributed by atoms with E-state index in [0.717, 1.165) is 6.07 Å². The van der Waals surface area contributed by atoms with Gasteiger partial charge >= 0.3 is 0 Å². The number of benzene rings is 2. The van der Waals surface area contributed by atoms with E-state index in [0.29, 0.717) is 12.5 Å². The first-order valence-corrected chi connectivity index (χ1v) is 11.0. The second-order valence-electron chi connectivity index (χ2n) is 7.83. The predicted octanol–water partition coefficient (Wildman–Crippen LogP) is 4.71. The molecule has 7 nitrogen and oxygen atoms in total. The highest BCUT2D eigenvalue weighted by Crippen LogP contribution is 2.24. The number of halogens is 4. The number of rotatable bonds is 8. The molecule has 2 amide bonds. The highest BCUT2D eigenvalue weighted by atomic mass is 19.2. The number of amides is 2. The summed E-state index contributed by atoms with van der Waals surface area (Å²) in [5.41, 5.74) is -0.341. The third-order valence-electron chi connectivity index (χ3n) is 5.33. The Morgan fingerprint density at radius 2 is 1.67 bits per heavy atom. The molecule has 36 heavy (non-hydrogen) atoms. The van der Waals surface area contributed by atoms with Crippen LogP contribution in [0.2, 0.25) is 0 Å². The second-order valence-corrected chi connectivity index (χ2v) is 7.83. The summed E-state index contributed by atoms with van der Waals surface area (Å²) in [6, 6.07) is 11.0. The Labute approximate surface area is 203 Å². The fourth-order valence-electron chi connectivity index (χ4n) is 3.70. The van der Waals surface area contributed by atoms with Crippen LogP contribution < -0.4 is 5.32 Å². The first kappa shape index (κ1) is 24.7. The van der Waals surface area contributed by atoms with Gasteiger partial charge in [-0.1, -0.05) is 19.1 Å². The van der Waals surface area contributed by atoms with Gasteiger partial charge in [-0.15, -0.1) is 0 Å². The Morgan fingerprint density at radius 3 is 2.36 bits per heavy atom. The number of nitrogens with one attached hydrogen (secondary N) is 1. The minimum absolute atomic E-state index is 0.0923. The largest absolute Gasteiger partial charge is 0.329 e. The molecule has 0 saturated heterocycles. The molecule has 0 aliphatic rings. The monoisotopic (exact) mass is 499 g/mol. The van der Waals surface area contributed by atoms with E-state index in [9.17, 15) is 27.2 Å². The third kappa shape index (κ3) is 4.85. The van der Waals surface area contributed by atoms with Crippen LogP contribution in [-0.2, 0) is 4.79 Å². The minimum atomic E-state index is -1.72. The molecule has 0 fully saturated rings. The van der Waals surface area contributed by atoms with Crippen molar-refractivity contribution in [2.45, 2.75) is 13.3 Å². The van der Waals surface area contributed by atoms with E-state index in [1.165, 1.54) is 34.0 Å². The van der Waals surface area contributed by atoms with Gasteiger partial charge in [-0.25, -0.2) is 22.2 Å². The summed E-state index contributed by atoms with van der Waals surface area (Å²) in [6.45, 7) is 1.45. The van der Waals surface area contributed by atoms with E-state index in [2.05, 4.69) is 10.4 Å². The van der Waals surface area contributed by atoms with Gasteiger partial charge in [0.25, 0.3) is 5.91 Å². The van der Waals surface area contributed by atoms with E-state index < -0.39 is 47.3 Å². The van der Waals surface area contributed by atoms with Crippen LogP contribution in [0.1, 0.15) is 23.7 Å². The van der Waals surface area contributed by atoms with Crippen LogP contribution in [-0.4, -0.2) is 44.2 Å². The average molecular weight is 499 g/mol. The summed E-state index contributed by atoms with van der Waals surface area (Å²) in [5, 5.41) is 6.39. The molecule has 2 aromatic carbocycles. The number of para-hydroxylation sites is 1. The zero-order valence-electron chi connectivity index (χ0n) is 19.1. The molecule has 4 rings (SSSR count). The predicted molar refractivity (Wildman–Crippen MR) is 124 cm³/mol. The highest BCUT2D eigenvalue weighted by molar-refractivity contribution is 6.01. The second kappa shape index (κ2) is 10.5. The van der Waals surface area contributed by atoms with Crippen molar-refractivity contribution in [1.29, 1.82) is 0 Å². The molecule has 11 heteroatoms. The lowest BCUT2D eigenvalue weighted by Crippen LogP contribution is -2.39. The Balaban J connectivity index is 1.65. The van der Waals surface area contributed by atoms with Gasteiger partial charge < -0.3 is 14.8 Å². The average Bonchev–Trinajstić information content (AvgIpc) is 3.54. The molecule has 186 valence electrons. The van der Waals surface area contributed by atoms with Crippen LogP contribution in [0.5, 0.6) is 0 Å².